The van der Waals surface area contributed by atoms with Gasteiger partial charge in [-0.25, -0.2) is 0 Å². The van der Waals surface area contributed by atoms with E-state index in [9.17, 15) is 19.2 Å². The van der Waals surface area contributed by atoms with Crippen LogP contribution in [0.25, 0.3) is 11.1 Å². The third-order valence-electron chi connectivity index (χ3n) is 5.02. The summed E-state index contributed by atoms with van der Waals surface area (Å²) >= 11 is 6.97. The van der Waals surface area contributed by atoms with Crippen molar-refractivity contribution in [3.63, 3.8) is 0 Å². The molecule has 3 N–H and O–H groups in total. The number of rotatable bonds is 6. The van der Waals surface area contributed by atoms with Crippen LogP contribution in [0.4, 0.5) is 0 Å². The molecule has 3 aromatic carbocycles. The predicted molar refractivity (Wildman–Crippen MR) is 123 cm³/mol. The van der Waals surface area contributed by atoms with E-state index in [0.29, 0.717) is 37.7 Å². The van der Waals surface area contributed by atoms with Crippen LogP contribution in [0.1, 0.15) is 43.1 Å². The first-order valence-corrected chi connectivity index (χ1v) is 10.9. The van der Waals surface area contributed by atoms with Crippen LogP contribution >= 0.6 is 23.4 Å². The number of benzene rings is 3. The molecule has 4 rings (SSSR count). The zero-order valence-electron chi connectivity index (χ0n) is 16.7. The molecule has 0 unspecified atom stereocenters. The molecule has 0 atom stereocenters. The SMILES string of the molecule is NC(=O)CCNC(=O)c1ccc(Cl)cc1SC(=O)c1cccc2c1-c1ccccc1C2=O. The van der Waals surface area contributed by atoms with Gasteiger partial charge in [-0.05, 0) is 41.6 Å². The van der Waals surface area contributed by atoms with Crippen molar-refractivity contribution >= 4 is 46.1 Å². The lowest BCUT2D eigenvalue weighted by Gasteiger charge is -2.11. The van der Waals surface area contributed by atoms with Crippen molar-refractivity contribution in [2.24, 2.45) is 5.73 Å². The standard InChI is InChI=1S/C24H17ClN2O4S/c25-13-8-9-16(23(30)27-11-10-20(26)28)19(12-13)32-24(31)18-7-3-6-17-21(18)14-4-1-2-5-15(14)22(17)29/h1-9,12H,10-11H2,(H2,26,28)(H,27,30). The number of hydrogen-bond donors (Lipinski definition) is 2. The molecule has 1 aliphatic carbocycles. The monoisotopic (exact) mass is 464 g/mol. The Balaban J connectivity index is 1.66. The van der Waals surface area contributed by atoms with Crippen LogP contribution in [0, 0.1) is 0 Å². The number of carbonyl (C=O) groups is 4. The topological polar surface area (TPSA) is 106 Å². The van der Waals surface area contributed by atoms with Crippen molar-refractivity contribution in [2.45, 2.75) is 11.3 Å². The maximum Gasteiger partial charge on any atom is 0.252 e. The number of hydrogen-bond acceptors (Lipinski definition) is 5. The van der Waals surface area contributed by atoms with Crippen LogP contribution < -0.4 is 11.1 Å². The van der Waals surface area contributed by atoms with Gasteiger partial charge in [0.25, 0.3) is 5.91 Å². The Hall–Kier alpha value is -3.42. The number of fused-ring (bicyclic) bond motifs is 3. The number of thioether (sulfide) groups is 1. The molecule has 6 nitrogen and oxygen atoms in total. The highest BCUT2D eigenvalue weighted by Crippen LogP contribution is 2.41. The highest BCUT2D eigenvalue weighted by Gasteiger charge is 2.30. The molecule has 0 radical (unpaired) electrons. The van der Waals surface area contributed by atoms with E-state index in [1.807, 2.05) is 12.1 Å². The van der Waals surface area contributed by atoms with Gasteiger partial charge in [-0.2, -0.15) is 0 Å². The molecule has 3 aromatic rings. The molecule has 0 aromatic heterocycles. The van der Waals surface area contributed by atoms with E-state index in [1.165, 1.54) is 12.1 Å². The predicted octanol–water partition coefficient (Wildman–Crippen LogP) is 4.09. The Morgan fingerprint density at radius 1 is 0.906 bits per heavy atom. The van der Waals surface area contributed by atoms with Gasteiger partial charge in [-0.15, -0.1) is 0 Å². The second kappa shape index (κ2) is 8.98. The number of ketones is 1. The Morgan fingerprint density at radius 2 is 1.62 bits per heavy atom. The maximum atomic E-state index is 13.3. The number of nitrogens with one attached hydrogen (secondary N) is 1. The summed E-state index contributed by atoms with van der Waals surface area (Å²) < 4.78 is 0. The Labute approximate surface area is 193 Å². The van der Waals surface area contributed by atoms with Crippen LogP contribution in [0.5, 0.6) is 0 Å². The van der Waals surface area contributed by atoms with Crippen molar-refractivity contribution in [2.75, 3.05) is 6.54 Å². The third kappa shape index (κ3) is 4.17. The highest BCUT2D eigenvalue weighted by molar-refractivity contribution is 8.14. The first-order valence-electron chi connectivity index (χ1n) is 9.72. The van der Waals surface area contributed by atoms with Gasteiger partial charge in [0.05, 0.1) is 5.56 Å². The van der Waals surface area contributed by atoms with Gasteiger partial charge >= 0.3 is 0 Å². The minimum atomic E-state index is -0.529. The first kappa shape index (κ1) is 21.8. The summed E-state index contributed by atoms with van der Waals surface area (Å²) in [4.78, 5) is 49.9. The first-order chi connectivity index (χ1) is 15.4. The van der Waals surface area contributed by atoms with Crippen molar-refractivity contribution in [3.05, 3.63) is 87.9 Å². The van der Waals surface area contributed by atoms with Crippen LogP contribution in [-0.4, -0.2) is 29.3 Å². The number of carbonyl (C=O) groups excluding carboxylic acids is 4. The van der Waals surface area contributed by atoms with Crippen molar-refractivity contribution < 1.29 is 19.2 Å². The second-order valence-corrected chi connectivity index (χ2v) is 8.56. The van der Waals surface area contributed by atoms with E-state index >= 15 is 0 Å². The summed E-state index contributed by atoms with van der Waals surface area (Å²) in [6.07, 6.45) is 0.00429. The molecule has 0 fully saturated rings. The fraction of sp³-hybridized carbons (Fsp3) is 0.0833. The summed E-state index contributed by atoms with van der Waals surface area (Å²) in [6, 6.07) is 16.8. The van der Waals surface area contributed by atoms with E-state index in [4.69, 9.17) is 17.3 Å². The molecule has 2 amide bonds. The zero-order valence-corrected chi connectivity index (χ0v) is 18.3. The smallest absolute Gasteiger partial charge is 0.252 e. The minimum Gasteiger partial charge on any atom is -0.370 e. The molecule has 0 spiro atoms. The number of halogens is 1. The number of nitrogens with two attached hydrogens (primary N) is 1. The normalized spacial score (nSPS) is 11.6. The lowest BCUT2D eigenvalue weighted by molar-refractivity contribution is -0.117. The van der Waals surface area contributed by atoms with Crippen LogP contribution in [0.2, 0.25) is 5.02 Å². The van der Waals surface area contributed by atoms with Crippen molar-refractivity contribution in [1.29, 1.82) is 0 Å². The molecule has 0 saturated carbocycles. The van der Waals surface area contributed by atoms with Gasteiger partial charge in [-0.1, -0.05) is 48.0 Å². The van der Waals surface area contributed by atoms with Crippen molar-refractivity contribution in [1.82, 2.24) is 5.32 Å². The van der Waals surface area contributed by atoms with E-state index < -0.39 is 11.8 Å². The average Bonchev–Trinajstić information content (AvgIpc) is 3.06. The molecular formula is C24H17ClN2O4S. The summed E-state index contributed by atoms with van der Waals surface area (Å²) in [5.74, 6) is -1.09. The quantitative estimate of drug-likeness (QED) is 0.418. The largest absolute Gasteiger partial charge is 0.370 e. The van der Waals surface area contributed by atoms with Gasteiger partial charge in [0.1, 0.15) is 0 Å². The Bertz CT molecular complexity index is 1290. The Kier molecular flexibility index (Phi) is 6.12. The van der Waals surface area contributed by atoms with Gasteiger partial charge in [0.15, 0.2) is 5.78 Å². The van der Waals surface area contributed by atoms with Gasteiger partial charge in [0.2, 0.25) is 11.0 Å². The van der Waals surface area contributed by atoms with Crippen LogP contribution in [-0.2, 0) is 4.79 Å². The Morgan fingerprint density at radius 3 is 2.38 bits per heavy atom. The molecule has 32 heavy (non-hydrogen) atoms. The number of primary amides is 1. The zero-order chi connectivity index (χ0) is 22.8. The summed E-state index contributed by atoms with van der Waals surface area (Å²) in [5.41, 5.74) is 8.09. The van der Waals surface area contributed by atoms with E-state index in [-0.39, 0.29) is 29.4 Å². The molecule has 160 valence electrons. The fourth-order valence-corrected chi connectivity index (χ4v) is 4.74. The molecular weight excluding hydrogens is 448 g/mol. The lowest BCUT2D eigenvalue weighted by atomic mass is 10.0. The van der Waals surface area contributed by atoms with E-state index in [1.54, 1.807) is 36.4 Å². The molecule has 8 heteroatoms. The number of amides is 2. The van der Waals surface area contributed by atoms with E-state index in [2.05, 4.69) is 5.32 Å². The summed E-state index contributed by atoms with van der Waals surface area (Å²) in [7, 11) is 0. The highest BCUT2D eigenvalue weighted by atomic mass is 35.5. The lowest BCUT2D eigenvalue weighted by Crippen LogP contribution is -2.28. The fourth-order valence-electron chi connectivity index (χ4n) is 3.56. The van der Waals surface area contributed by atoms with Crippen molar-refractivity contribution in [3.8, 4) is 11.1 Å². The van der Waals surface area contributed by atoms with E-state index in [0.717, 1.165) is 11.8 Å². The minimum absolute atomic E-state index is 0.00429. The second-order valence-electron chi connectivity index (χ2n) is 7.11. The average molecular weight is 465 g/mol. The van der Waals surface area contributed by atoms with Gasteiger partial charge in [0, 0.05) is 45.1 Å². The maximum absolute atomic E-state index is 13.3. The summed E-state index contributed by atoms with van der Waals surface area (Å²) in [6.45, 7) is 0.0833. The van der Waals surface area contributed by atoms with Gasteiger partial charge < -0.3 is 11.1 Å². The molecule has 0 aliphatic heterocycles. The molecule has 0 saturated heterocycles. The summed E-state index contributed by atoms with van der Waals surface area (Å²) in [5, 5.41) is 2.66. The molecule has 0 bridgehead atoms. The van der Waals surface area contributed by atoms with Crippen LogP contribution in [0.15, 0.2) is 65.6 Å². The van der Waals surface area contributed by atoms with Gasteiger partial charge in [-0.3, -0.25) is 19.2 Å². The third-order valence-corrected chi connectivity index (χ3v) is 6.22. The molecule has 1 aliphatic rings. The van der Waals surface area contributed by atoms with Crippen LogP contribution in [0.3, 0.4) is 0 Å². The molecule has 0 heterocycles.